The lowest BCUT2D eigenvalue weighted by molar-refractivity contribution is -0.138. The summed E-state index contributed by atoms with van der Waals surface area (Å²) >= 11 is 0. The highest BCUT2D eigenvalue weighted by Crippen LogP contribution is 2.46. The molecule has 2 aromatic rings. The number of rotatable bonds is 6. The van der Waals surface area contributed by atoms with Gasteiger partial charge in [-0.05, 0) is 43.7 Å². The highest BCUT2D eigenvalue weighted by molar-refractivity contribution is 5.80. The number of ether oxygens (including phenoxy) is 2. The van der Waals surface area contributed by atoms with Crippen LogP contribution in [0.25, 0.3) is 0 Å². The number of methoxy groups -OCH3 is 1. The van der Waals surface area contributed by atoms with Crippen molar-refractivity contribution in [2.24, 2.45) is 5.41 Å². The highest BCUT2D eigenvalue weighted by Gasteiger charge is 2.48. The molecule has 1 aliphatic heterocycles. The van der Waals surface area contributed by atoms with Crippen molar-refractivity contribution in [1.29, 1.82) is 0 Å². The standard InChI is InChI=1S/C26H31NO5/c1-18(28)25(30)27-16-22(26(3,17-27)19(2)29)21-12-13-23(31-4)24(15-21)32-14-8-11-20-9-6-5-7-10-20/h5-7,9-10,12-13,15,18-19,22,28-29H,14,16-17H2,1-4H3/t18-,19+,22-,26-/m0/s1. The summed E-state index contributed by atoms with van der Waals surface area (Å²) in [6, 6.07) is 15.3. The third-order valence-corrected chi connectivity index (χ3v) is 6.25. The number of benzene rings is 2. The molecule has 0 radical (unpaired) electrons. The highest BCUT2D eigenvalue weighted by atomic mass is 16.5. The molecule has 6 heteroatoms. The van der Waals surface area contributed by atoms with Gasteiger partial charge in [0.1, 0.15) is 12.7 Å². The molecule has 0 aromatic heterocycles. The van der Waals surface area contributed by atoms with Crippen molar-refractivity contribution in [3.05, 3.63) is 59.7 Å². The van der Waals surface area contributed by atoms with E-state index in [0.717, 1.165) is 11.1 Å². The van der Waals surface area contributed by atoms with Gasteiger partial charge in [0.2, 0.25) is 0 Å². The zero-order valence-corrected chi connectivity index (χ0v) is 19.0. The molecule has 2 N–H and O–H groups in total. The van der Waals surface area contributed by atoms with Gasteiger partial charge in [0.15, 0.2) is 11.5 Å². The topological polar surface area (TPSA) is 79.2 Å². The fraction of sp³-hybridized carbons (Fsp3) is 0.423. The number of carbonyl (C=O) groups excluding carboxylic acids is 1. The van der Waals surface area contributed by atoms with Crippen LogP contribution in [0.15, 0.2) is 48.5 Å². The molecule has 170 valence electrons. The molecular weight excluding hydrogens is 406 g/mol. The first-order valence-electron chi connectivity index (χ1n) is 10.8. The van der Waals surface area contributed by atoms with Crippen molar-refractivity contribution in [3.8, 4) is 23.3 Å². The first-order chi connectivity index (χ1) is 15.3. The second kappa shape index (κ2) is 10.1. The Balaban J connectivity index is 1.84. The second-order valence-corrected chi connectivity index (χ2v) is 8.50. The van der Waals surface area contributed by atoms with Gasteiger partial charge < -0.3 is 24.6 Å². The molecule has 4 atom stereocenters. The molecule has 0 aliphatic carbocycles. The molecular formula is C26H31NO5. The van der Waals surface area contributed by atoms with Gasteiger partial charge in [-0.3, -0.25) is 4.79 Å². The summed E-state index contributed by atoms with van der Waals surface area (Å²) in [7, 11) is 1.58. The Morgan fingerprint density at radius 2 is 1.91 bits per heavy atom. The third-order valence-electron chi connectivity index (χ3n) is 6.25. The maximum absolute atomic E-state index is 12.4. The van der Waals surface area contributed by atoms with E-state index in [0.29, 0.717) is 24.6 Å². The van der Waals surface area contributed by atoms with Crippen molar-refractivity contribution in [1.82, 2.24) is 4.90 Å². The first kappa shape index (κ1) is 23.6. The second-order valence-electron chi connectivity index (χ2n) is 8.50. The van der Waals surface area contributed by atoms with E-state index >= 15 is 0 Å². The van der Waals surface area contributed by atoms with Gasteiger partial charge in [0.25, 0.3) is 5.91 Å². The normalized spacial score (nSPS) is 21.9. The zero-order chi connectivity index (χ0) is 23.3. The lowest BCUT2D eigenvalue weighted by atomic mass is 9.72. The molecule has 2 aromatic carbocycles. The molecule has 32 heavy (non-hydrogen) atoms. The van der Waals surface area contributed by atoms with Crippen LogP contribution in [0.1, 0.15) is 37.8 Å². The molecule has 1 amide bonds. The molecule has 1 fully saturated rings. The summed E-state index contributed by atoms with van der Waals surface area (Å²) in [5.74, 6) is 6.75. The van der Waals surface area contributed by atoms with Crippen LogP contribution < -0.4 is 9.47 Å². The summed E-state index contributed by atoms with van der Waals surface area (Å²) in [5, 5.41) is 20.3. The Labute approximate surface area is 189 Å². The number of amides is 1. The Bertz CT molecular complexity index is 992. The summed E-state index contributed by atoms with van der Waals surface area (Å²) in [4.78, 5) is 14.0. The lowest BCUT2D eigenvalue weighted by Gasteiger charge is -2.33. The van der Waals surface area contributed by atoms with Crippen molar-refractivity contribution in [3.63, 3.8) is 0 Å². The number of hydrogen-bond donors (Lipinski definition) is 2. The van der Waals surface area contributed by atoms with E-state index in [1.165, 1.54) is 6.92 Å². The van der Waals surface area contributed by atoms with Crippen LogP contribution in [-0.2, 0) is 4.79 Å². The molecule has 6 nitrogen and oxygen atoms in total. The van der Waals surface area contributed by atoms with E-state index in [1.54, 1.807) is 18.9 Å². The monoisotopic (exact) mass is 437 g/mol. The molecule has 0 bridgehead atoms. The van der Waals surface area contributed by atoms with Gasteiger partial charge in [0, 0.05) is 30.0 Å². The van der Waals surface area contributed by atoms with Crippen LogP contribution >= 0.6 is 0 Å². The van der Waals surface area contributed by atoms with Crippen molar-refractivity contribution >= 4 is 5.91 Å². The zero-order valence-electron chi connectivity index (χ0n) is 19.0. The summed E-state index contributed by atoms with van der Waals surface area (Å²) in [6.45, 7) is 6.14. The summed E-state index contributed by atoms with van der Waals surface area (Å²) in [6.07, 6.45) is -1.73. The molecule has 3 rings (SSSR count). The predicted octanol–water partition coefficient (Wildman–Crippen LogP) is 2.82. The van der Waals surface area contributed by atoms with Gasteiger partial charge in [-0.1, -0.05) is 43.0 Å². The largest absolute Gasteiger partial charge is 0.493 e. The van der Waals surface area contributed by atoms with Crippen molar-refractivity contribution < 1.29 is 24.5 Å². The van der Waals surface area contributed by atoms with E-state index in [2.05, 4.69) is 11.8 Å². The first-order valence-corrected chi connectivity index (χ1v) is 10.8. The Kier molecular flexibility index (Phi) is 7.44. The minimum absolute atomic E-state index is 0.131. The Morgan fingerprint density at radius 3 is 2.53 bits per heavy atom. The van der Waals surface area contributed by atoms with E-state index in [-0.39, 0.29) is 18.4 Å². The maximum Gasteiger partial charge on any atom is 0.251 e. The average Bonchev–Trinajstić information content (AvgIpc) is 3.15. The van der Waals surface area contributed by atoms with Gasteiger partial charge in [-0.25, -0.2) is 0 Å². The van der Waals surface area contributed by atoms with Gasteiger partial charge in [-0.15, -0.1) is 0 Å². The van der Waals surface area contributed by atoms with E-state index < -0.39 is 17.6 Å². The molecule has 1 aliphatic rings. The van der Waals surface area contributed by atoms with E-state index in [1.807, 2.05) is 55.5 Å². The molecule has 1 heterocycles. The fourth-order valence-electron chi connectivity index (χ4n) is 4.15. The maximum atomic E-state index is 12.4. The number of likely N-dealkylation sites (tertiary alicyclic amines) is 1. The van der Waals surface area contributed by atoms with Crippen LogP contribution in [0.4, 0.5) is 0 Å². The van der Waals surface area contributed by atoms with Crippen molar-refractivity contribution in [2.45, 2.75) is 38.9 Å². The third kappa shape index (κ3) is 5.07. The lowest BCUT2D eigenvalue weighted by Crippen LogP contribution is -2.40. The van der Waals surface area contributed by atoms with Crippen LogP contribution in [0, 0.1) is 17.3 Å². The fourth-order valence-corrected chi connectivity index (χ4v) is 4.15. The number of nitrogens with zero attached hydrogens (tertiary/aromatic N) is 1. The summed E-state index contributed by atoms with van der Waals surface area (Å²) < 4.78 is 11.4. The van der Waals surface area contributed by atoms with Gasteiger partial charge in [-0.2, -0.15) is 0 Å². The van der Waals surface area contributed by atoms with Gasteiger partial charge in [0.05, 0.1) is 13.2 Å². The van der Waals surface area contributed by atoms with Gasteiger partial charge >= 0.3 is 0 Å². The smallest absolute Gasteiger partial charge is 0.251 e. The Hall–Kier alpha value is -3.01. The van der Waals surface area contributed by atoms with Crippen molar-refractivity contribution in [2.75, 3.05) is 26.8 Å². The number of hydrogen-bond acceptors (Lipinski definition) is 5. The number of aliphatic hydroxyl groups excluding tert-OH is 2. The average molecular weight is 438 g/mol. The minimum atomic E-state index is -1.08. The van der Waals surface area contributed by atoms with E-state index in [4.69, 9.17) is 9.47 Å². The summed E-state index contributed by atoms with van der Waals surface area (Å²) in [5.41, 5.74) is 1.28. The quantitative estimate of drug-likeness (QED) is 0.680. The number of aliphatic hydroxyl groups is 2. The van der Waals surface area contributed by atoms with Crippen LogP contribution in [0.3, 0.4) is 0 Å². The SMILES string of the molecule is COc1ccc([C@@H]2CN(C(=O)[C@H](C)O)C[C@@]2(C)[C@@H](C)O)cc1OCC#Cc1ccccc1. The molecule has 0 spiro atoms. The van der Waals surface area contributed by atoms with E-state index in [9.17, 15) is 15.0 Å². The molecule has 0 saturated carbocycles. The minimum Gasteiger partial charge on any atom is -0.493 e. The molecule has 1 saturated heterocycles. The van der Waals surface area contributed by atoms with Crippen LogP contribution in [0.5, 0.6) is 11.5 Å². The Morgan fingerprint density at radius 1 is 1.19 bits per heavy atom. The number of carbonyl (C=O) groups is 1. The predicted molar refractivity (Wildman–Crippen MR) is 123 cm³/mol. The van der Waals surface area contributed by atoms with Crippen LogP contribution in [0.2, 0.25) is 0 Å². The van der Waals surface area contributed by atoms with Crippen LogP contribution in [-0.4, -0.2) is 60.0 Å². The molecule has 0 unspecified atom stereocenters.